The van der Waals surface area contributed by atoms with Crippen LogP contribution in [0.5, 0.6) is 0 Å². The highest BCUT2D eigenvalue weighted by Gasteiger charge is 2.36. The Labute approximate surface area is 104 Å². The maximum Gasteiger partial charge on any atom is 0.267 e. The standard InChI is InChI=1S/C14H10N2O2/c1-9-3-2-4-10(7-9)16-13(17)11-5-6-15-8-12(11)14(16)18/h2-8H,1H3. The van der Waals surface area contributed by atoms with Gasteiger partial charge in [-0.15, -0.1) is 0 Å². The maximum atomic E-state index is 12.2. The van der Waals surface area contributed by atoms with E-state index in [1.54, 1.807) is 12.1 Å². The van der Waals surface area contributed by atoms with E-state index in [-0.39, 0.29) is 11.8 Å². The number of fused-ring (bicyclic) bond motifs is 1. The van der Waals surface area contributed by atoms with Gasteiger partial charge in [-0.25, -0.2) is 4.90 Å². The van der Waals surface area contributed by atoms with Gasteiger partial charge in [0.25, 0.3) is 11.8 Å². The molecule has 0 fully saturated rings. The molecule has 1 aromatic carbocycles. The third kappa shape index (κ3) is 1.43. The van der Waals surface area contributed by atoms with E-state index in [0.29, 0.717) is 16.8 Å². The van der Waals surface area contributed by atoms with Gasteiger partial charge in [-0.2, -0.15) is 0 Å². The molecule has 0 aliphatic carbocycles. The Morgan fingerprint density at radius 1 is 1.06 bits per heavy atom. The molecule has 0 unspecified atom stereocenters. The number of anilines is 1. The molecule has 1 aliphatic heterocycles. The van der Waals surface area contributed by atoms with Crippen LogP contribution in [0.3, 0.4) is 0 Å². The Balaban J connectivity index is 2.12. The molecule has 0 atom stereocenters. The molecule has 18 heavy (non-hydrogen) atoms. The monoisotopic (exact) mass is 238 g/mol. The molecule has 0 saturated heterocycles. The zero-order valence-corrected chi connectivity index (χ0v) is 9.75. The third-order valence-electron chi connectivity index (χ3n) is 2.95. The maximum absolute atomic E-state index is 12.2. The lowest BCUT2D eigenvalue weighted by Gasteiger charge is -2.14. The molecule has 0 bridgehead atoms. The highest BCUT2D eigenvalue weighted by Crippen LogP contribution is 2.27. The molecule has 0 spiro atoms. The summed E-state index contributed by atoms with van der Waals surface area (Å²) in [5.41, 5.74) is 2.38. The van der Waals surface area contributed by atoms with Crippen molar-refractivity contribution < 1.29 is 9.59 Å². The second-order valence-corrected chi connectivity index (χ2v) is 4.21. The van der Waals surface area contributed by atoms with Gasteiger partial charge in [0, 0.05) is 12.4 Å². The summed E-state index contributed by atoms with van der Waals surface area (Å²) in [4.78, 5) is 29.5. The number of rotatable bonds is 1. The second-order valence-electron chi connectivity index (χ2n) is 4.21. The zero-order valence-electron chi connectivity index (χ0n) is 9.75. The first-order chi connectivity index (χ1) is 8.68. The van der Waals surface area contributed by atoms with E-state index < -0.39 is 0 Å². The van der Waals surface area contributed by atoms with Crippen LogP contribution in [0.1, 0.15) is 26.3 Å². The minimum absolute atomic E-state index is 0.289. The van der Waals surface area contributed by atoms with Crippen LogP contribution in [0.4, 0.5) is 5.69 Å². The lowest BCUT2D eigenvalue weighted by atomic mass is 10.2. The van der Waals surface area contributed by atoms with E-state index in [2.05, 4.69) is 4.98 Å². The van der Waals surface area contributed by atoms with Crippen LogP contribution in [0.2, 0.25) is 0 Å². The van der Waals surface area contributed by atoms with Crippen LogP contribution in [0.15, 0.2) is 42.7 Å². The summed E-state index contributed by atoms with van der Waals surface area (Å²) in [6.07, 6.45) is 2.95. The fourth-order valence-electron chi connectivity index (χ4n) is 2.09. The largest absolute Gasteiger partial charge is 0.268 e. The summed E-state index contributed by atoms with van der Waals surface area (Å²) in [7, 11) is 0. The van der Waals surface area contributed by atoms with Crippen molar-refractivity contribution in [2.24, 2.45) is 0 Å². The molecule has 2 amide bonds. The van der Waals surface area contributed by atoms with E-state index in [0.717, 1.165) is 5.56 Å². The number of pyridine rings is 1. The molecule has 2 aromatic rings. The van der Waals surface area contributed by atoms with Gasteiger partial charge in [0.2, 0.25) is 0 Å². The van der Waals surface area contributed by atoms with Crippen LogP contribution < -0.4 is 4.90 Å². The molecule has 0 radical (unpaired) electrons. The van der Waals surface area contributed by atoms with Gasteiger partial charge in [0.05, 0.1) is 16.8 Å². The molecule has 1 aliphatic rings. The number of hydrogen-bond acceptors (Lipinski definition) is 3. The molecular formula is C14H10N2O2. The number of carbonyl (C=O) groups is 2. The van der Waals surface area contributed by atoms with Crippen molar-refractivity contribution in [3.05, 3.63) is 59.4 Å². The van der Waals surface area contributed by atoms with Gasteiger partial charge in [-0.1, -0.05) is 12.1 Å². The van der Waals surface area contributed by atoms with Gasteiger partial charge in [-0.05, 0) is 30.7 Å². The van der Waals surface area contributed by atoms with Crippen LogP contribution >= 0.6 is 0 Å². The van der Waals surface area contributed by atoms with Crippen molar-refractivity contribution in [1.82, 2.24) is 4.98 Å². The summed E-state index contributed by atoms with van der Waals surface area (Å²) in [5, 5.41) is 0. The number of nitrogens with zero attached hydrogens (tertiary/aromatic N) is 2. The normalized spacial score (nSPS) is 13.9. The van der Waals surface area contributed by atoms with Gasteiger partial charge in [-0.3, -0.25) is 14.6 Å². The Kier molecular flexibility index (Phi) is 2.23. The minimum atomic E-state index is -0.311. The lowest BCUT2D eigenvalue weighted by Crippen LogP contribution is -2.29. The number of amides is 2. The van der Waals surface area contributed by atoms with E-state index in [4.69, 9.17) is 0 Å². The van der Waals surface area contributed by atoms with Crippen LogP contribution in [0.25, 0.3) is 0 Å². The average molecular weight is 238 g/mol. The van der Waals surface area contributed by atoms with Crippen molar-refractivity contribution in [3.8, 4) is 0 Å². The molecule has 4 heteroatoms. The zero-order chi connectivity index (χ0) is 12.7. The Morgan fingerprint density at radius 3 is 2.56 bits per heavy atom. The van der Waals surface area contributed by atoms with Crippen molar-refractivity contribution in [2.75, 3.05) is 4.90 Å². The van der Waals surface area contributed by atoms with Gasteiger partial charge < -0.3 is 0 Å². The number of carbonyl (C=O) groups excluding carboxylic acids is 2. The quantitative estimate of drug-likeness (QED) is 0.715. The number of aromatic nitrogens is 1. The topological polar surface area (TPSA) is 50.3 Å². The first-order valence-corrected chi connectivity index (χ1v) is 5.58. The first kappa shape index (κ1) is 10.7. The van der Waals surface area contributed by atoms with Crippen molar-refractivity contribution in [3.63, 3.8) is 0 Å². The fourth-order valence-corrected chi connectivity index (χ4v) is 2.09. The van der Waals surface area contributed by atoms with Crippen molar-refractivity contribution in [2.45, 2.75) is 6.92 Å². The third-order valence-corrected chi connectivity index (χ3v) is 2.95. The van der Waals surface area contributed by atoms with E-state index in [1.807, 2.05) is 25.1 Å². The van der Waals surface area contributed by atoms with Crippen LogP contribution in [-0.2, 0) is 0 Å². The number of hydrogen-bond donors (Lipinski definition) is 0. The van der Waals surface area contributed by atoms with Gasteiger partial charge >= 0.3 is 0 Å². The van der Waals surface area contributed by atoms with Crippen molar-refractivity contribution in [1.29, 1.82) is 0 Å². The van der Waals surface area contributed by atoms with E-state index in [9.17, 15) is 9.59 Å². The van der Waals surface area contributed by atoms with Gasteiger partial charge in [0.1, 0.15) is 0 Å². The summed E-state index contributed by atoms with van der Waals surface area (Å²) in [6.45, 7) is 1.92. The number of aryl methyl sites for hydroxylation is 1. The predicted molar refractivity (Wildman–Crippen MR) is 66.6 cm³/mol. The fraction of sp³-hybridized carbons (Fsp3) is 0.0714. The average Bonchev–Trinajstić information content (AvgIpc) is 2.63. The van der Waals surface area contributed by atoms with Crippen LogP contribution in [0, 0.1) is 6.92 Å². The first-order valence-electron chi connectivity index (χ1n) is 5.58. The Morgan fingerprint density at radius 2 is 1.83 bits per heavy atom. The Bertz CT molecular complexity index is 629. The highest BCUT2D eigenvalue weighted by atomic mass is 16.2. The molecule has 3 rings (SSSR count). The molecule has 2 heterocycles. The molecule has 4 nitrogen and oxygen atoms in total. The second kappa shape index (κ2) is 3.77. The van der Waals surface area contributed by atoms with Crippen molar-refractivity contribution >= 4 is 17.5 Å². The summed E-state index contributed by atoms with van der Waals surface area (Å²) < 4.78 is 0. The predicted octanol–water partition coefficient (Wildman–Crippen LogP) is 2.19. The summed E-state index contributed by atoms with van der Waals surface area (Å²) in [5.74, 6) is -0.600. The summed E-state index contributed by atoms with van der Waals surface area (Å²) >= 11 is 0. The molecular weight excluding hydrogens is 228 g/mol. The highest BCUT2D eigenvalue weighted by molar-refractivity contribution is 6.34. The van der Waals surface area contributed by atoms with E-state index >= 15 is 0 Å². The smallest absolute Gasteiger partial charge is 0.267 e. The number of imide groups is 1. The van der Waals surface area contributed by atoms with Crippen LogP contribution in [-0.4, -0.2) is 16.8 Å². The van der Waals surface area contributed by atoms with E-state index in [1.165, 1.54) is 17.3 Å². The minimum Gasteiger partial charge on any atom is -0.268 e. The molecule has 0 saturated carbocycles. The Hall–Kier alpha value is -2.49. The summed E-state index contributed by atoms with van der Waals surface area (Å²) in [6, 6.07) is 8.89. The SMILES string of the molecule is Cc1cccc(N2C(=O)c3ccncc3C2=O)c1. The van der Waals surface area contributed by atoms with Gasteiger partial charge in [0.15, 0.2) is 0 Å². The molecule has 88 valence electrons. The molecule has 0 N–H and O–H groups in total. The lowest BCUT2D eigenvalue weighted by molar-refractivity contribution is 0.0926. The number of benzene rings is 1. The molecule has 1 aromatic heterocycles.